The van der Waals surface area contributed by atoms with E-state index < -0.39 is 5.97 Å². The van der Waals surface area contributed by atoms with Crippen LogP contribution in [0.25, 0.3) is 0 Å². The Morgan fingerprint density at radius 2 is 2.09 bits per heavy atom. The van der Waals surface area contributed by atoms with Crippen molar-refractivity contribution in [2.45, 2.75) is 58.4 Å². The Bertz CT molecular complexity index is 1150. The van der Waals surface area contributed by atoms with Crippen molar-refractivity contribution in [3.8, 4) is 11.4 Å². The summed E-state index contributed by atoms with van der Waals surface area (Å²) < 4.78 is 16.0. The zero-order valence-electron chi connectivity index (χ0n) is 20.3. The molecule has 1 aromatic carbocycles. The molecule has 1 heterocycles. The summed E-state index contributed by atoms with van der Waals surface area (Å²) in [5, 5.41) is 15.4. The number of nitrogens with one attached hydrogen (secondary N) is 2. The summed E-state index contributed by atoms with van der Waals surface area (Å²) in [5.41, 5.74) is 11.0. The van der Waals surface area contributed by atoms with Crippen LogP contribution in [0.2, 0.25) is 0 Å². The van der Waals surface area contributed by atoms with Gasteiger partial charge in [-0.25, -0.2) is 0 Å². The molecule has 0 radical (unpaired) electrons. The molecule has 35 heavy (non-hydrogen) atoms. The number of rotatable bonds is 13. The minimum atomic E-state index is -0.899. The fourth-order valence-electron chi connectivity index (χ4n) is 3.66. The van der Waals surface area contributed by atoms with Crippen molar-refractivity contribution in [1.82, 2.24) is 15.3 Å². The van der Waals surface area contributed by atoms with Gasteiger partial charge < -0.3 is 10.8 Å². The molecule has 188 valence electrons. The number of aromatic nitrogens is 2. The normalized spacial score (nSPS) is 11.3. The summed E-state index contributed by atoms with van der Waals surface area (Å²) in [7, 11) is 1.36. The molecule has 0 saturated heterocycles. The van der Waals surface area contributed by atoms with Crippen LogP contribution in [0, 0.1) is 12.6 Å². The predicted molar refractivity (Wildman–Crippen MR) is 135 cm³/mol. The first kappa shape index (κ1) is 27.9. The summed E-state index contributed by atoms with van der Waals surface area (Å²) in [6.07, 6.45) is 3.13. The van der Waals surface area contributed by atoms with Crippen molar-refractivity contribution in [1.29, 1.82) is 0 Å². The number of aryl methyl sites for hydroxylation is 1. The van der Waals surface area contributed by atoms with Crippen LogP contribution in [0.15, 0.2) is 18.2 Å². The van der Waals surface area contributed by atoms with Gasteiger partial charge in [-0.2, -0.15) is 0 Å². The Balaban J connectivity index is 2.38. The van der Waals surface area contributed by atoms with Crippen molar-refractivity contribution in [3.05, 3.63) is 40.6 Å². The summed E-state index contributed by atoms with van der Waals surface area (Å²) in [6.45, 7) is 4.17. The van der Waals surface area contributed by atoms with Crippen LogP contribution in [0.1, 0.15) is 66.2 Å². The topological polar surface area (TPSA) is 157 Å². The Kier molecular flexibility index (Phi) is 11.3. The molecule has 0 unspecified atom stereocenters. The van der Waals surface area contributed by atoms with Crippen molar-refractivity contribution < 1.29 is 24.0 Å². The molecule has 0 aliphatic heterocycles. The van der Waals surface area contributed by atoms with Crippen LogP contribution >= 0.6 is 7.92 Å². The van der Waals surface area contributed by atoms with Gasteiger partial charge in [0.25, 0.3) is 0 Å². The van der Waals surface area contributed by atoms with Crippen LogP contribution in [-0.2, 0) is 15.8 Å². The van der Waals surface area contributed by atoms with Gasteiger partial charge in [0.05, 0.1) is 6.42 Å². The molecule has 0 bridgehead atoms. The van der Waals surface area contributed by atoms with E-state index in [-0.39, 0.29) is 32.2 Å². The number of aliphatic carboxylic acids is 1. The van der Waals surface area contributed by atoms with E-state index in [1.807, 2.05) is 13.8 Å². The summed E-state index contributed by atoms with van der Waals surface area (Å²) in [6, 6.07) is 4.80. The molecule has 0 spiro atoms. The predicted octanol–water partition coefficient (Wildman–Crippen LogP) is 3.78. The van der Waals surface area contributed by atoms with Crippen molar-refractivity contribution in [3.63, 3.8) is 0 Å². The number of nitrogens with two attached hydrogens (primary N) is 1. The summed E-state index contributed by atoms with van der Waals surface area (Å²) in [5.74, 6) is -0.0301. The quantitative estimate of drug-likeness (QED) is 0.237. The third-order valence-electron chi connectivity index (χ3n) is 5.40. The molecule has 2 aromatic rings. The molecule has 0 fully saturated rings. The standard InChI is InChI=1S/C24H32N5O5P/c1-4-5-7-18(14-21(30)31)28-22-19(15(2)27-24(25)29-22)13-17-12-16(8-9-20(17)34-3)23(32)26-10-6-11-35-33/h8-9,12,18H,4-7,10,13-14H2,1-3H3,(H,26,32)(H,30,31)(H3,25,27,28,29)/t18-/m0/s1. The Hall–Kier alpha value is -3.35. The average Bonchev–Trinajstić information content (AvgIpc) is 2.81. The second-order valence-corrected chi connectivity index (χ2v) is 8.53. The molecular weight excluding hydrogens is 469 g/mol. The number of carbonyl (C=O) groups is 2. The molecule has 1 atom stereocenters. The Labute approximate surface area is 206 Å². The number of nitrogen functional groups attached to an aromatic ring is 1. The maximum atomic E-state index is 12.6. The average molecular weight is 502 g/mol. The number of anilines is 2. The number of carboxylic acid groups (broad SMARTS) is 1. The number of methoxy groups -OCH3 is 1. The van der Waals surface area contributed by atoms with E-state index in [9.17, 15) is 19.3 Å². The van der Waals surface area contributed by atoms with Crippen LogP contribution in [-0.4, -0.2) is 46.6 Å². The van der Waals surface area contributed by atoms with Gasteiger partial charge in [-0.3, -0.25) is 4.79 Å². The number of unbranched alkanes of at least 4 members (excludes halogenated alkanes) is 1. The second-order valence-electron chi connectivity index (χ2n) is 8.03. The summed E-state index contributed by atoms with van der Waals surface area (Å²) >= 11 is 0. The van der Waals surface area contributed by atoms with E-state index in [4.69, 9.17) is 10.5 Å². The Morgan fingerprint density at radius 1 is 1.31 bits per heavy atom. The number of hydrogen-bond acceptors (Lipinski definition) is 8. The number of amides is 1. The molecular formula is C24H32N5O5P. The van der Waals surface area contributed by atoms with Gasteiger partial charge in [-0.1, -0.05) is 19.8 Å². The number of nitrogens with zero attached hydrogens (tertiary/aromatic N) is 2. The van der Waals surface area contributed by atoms with Crippen LogP contribution in [0.5, 0.6) is 5.75 Å². The first-order chi connectivity index (χ1) is 16.8. The van der Waals surface area contributed by atoms with Crippen LogP contribution < -0.4 is 21.1 Å². The molecule has 10 nitrogen and oxygen atoms in total. The van der Waals surface area contributed by atoms with E-state index in [1.165, 1.54) is 0 Å². The van der Waals surface area contributed by atoms with Crippen molar-refractivity contribution in [2.24, 2.45) is 0 Å². The number of benzene rings is 1. The number of carbonyl (C=O) groups excluding carboxylic acids is 1. The molecule has 0 aliphatic carbocycles. The van der Waals surface area contributed by atoms with Gasteiger partial charge in [-0.15, -0.1) is 0 Å². The van der Waals surface area contributed by atoms with E-state index in [2.05, 4.69) is 26.2 Å². The van der Waals surface area contributed by atoms with Crippen LogP contribution in [0.4, 0.5) is 11.8 Å². The molecule has 1 aromatic heterocycles. The zero-order valence-corrected chi connectivity index (χ0v) is 21.2. The fraction of sp³-hybridized carbons (Fsp3) is 0.458. The van der Waals surface area contributed by atoms with Gasteiger partial charge >= 0.3 is 146 Å². The first-order valence-corrected chi connectivity index (χ1v) is 12.2. The fourth-order valence-corrected chi connectivity index (χ4v) is 3.86. The third-order valence-corrected chi connectivity index (χ3v) is 5.75. The van der Waals surface area contributed by atoms with Gasteiger partial charge in [0.2, 0.25) is 5.95 Å². The molecule has 0 aliphatic rings. The van der Waals surface area contributed by atoms with Gasteiger partial charge in [0.1, 0.15) is 0 Å². The van der Waals surface area contributed by atoms with E-state index >= 15 is 0 Å². The van der Waals surface area contributed by atoms with Crippen molar-refractivity contribution >= 4 is 31.6 Å². The number of hydrogen-bond donors (Lipinski definition) is 4. The van der Waals surface area contributed by atoms with Crippen molar-refractivity contribution in [2.75, 3.05) is 24.7 Å². The summed E-state index contributed by atoms with van der Waals surface area (Å²) in [4.78, 5) is 32.6. The maximum absolute atomic E-state index is 12.6. The van der Waals surface area contributed by atoms with Gasteiger partial charge in [-0.05, 0) is 6.42 Å². The molecule has 11 heteroatoms. The van der Waals surface area contributed by atoms with Crippen LogP contribution in [0.3, 0.4) is 0 Å². The Morgan fingerprint density at radius 3 is 2.74 bits per heavy atom. The van der Waals surface area contributed by atoms with E-state index in [0.29, 0.717) is 48.6 Å². The first-order valence-electron chi connectivity index (χ1n) is 11.4. The molecule has 0 saturated carbocycles. The van der Waals surface area contributed by atoms with Gasteiger partial charge in [0, 0.05) is 6.04 Å². The number of carboxylic acids is 1. The molecule has 5 N–H and O–H groups in total. The van der Waals surface area contributed by atoms with Gasteiger partial charge in [0.15, 0.2) is 0 Å². The molecule has 1 amide bonds. The third kappa shape index (κ3) is 8.74. The monoisotopic (exact) mass is 501 g/mol. The van der Waals surface area contributed by atoms with E-state index in [1.54, 1.807) is 25.3 Å². The molecule has 2 rings (SSSR count). The number of ether oxygens (including phenoxy) is 1. The van der Waals surface area contributed by atoms with E-state index in [0.717, 1.165) is 24.0 Å². The SMILES string of the molecule is CCCC[C@@H](CC(=O)O)Nc1nc(N)nc(C)c1Cc1cc(C(=O)NCCC#P=O)ccc1OC. The zero-order chi connectivity index (χ0) is 25.8. The second kappa shape index (κ2) is 14.1. The minimum absolute atomic E-state index is 0.0535.